The van der Waals surface area contributed by atoms with Crippen molar-refractivity contribution >= 4 is 34.3 Å². The molecule has 0 spiro atoms. The zero-order valence-corrected chi connectivity index (χ0v) is 31.5. The summed E-state index contributed by atoms with van der Waals surface area (Å²) in [6.45, 7) is 15.1. The van der Waals surface area contributed by atoms with Gasteiger partial charge in [0.2, 0.25) is 5.91 Å². The number of benzene rings is 1. The van der Waals surface area contributed by atoms with Crippen LogP contribution in [0.4, 0.5) is 0 Å². The van der Waals surface area contributed by atoms with E-state index in [0.29, 0.717) is 19.3 Å². The van der Waals surface area contributed by atoms with Crippen LogP contribution in [0.2, 0.25) is 0 Å². The van der Waals surface area contributed by atoms with Gasteiger partial charge in [-0.1, -0.05) is 78.3 Å². The smallest absolute Gasteiger partial charge is 0.328 e. The van der Waals surface area contributed by atoms with Gasteiger partial charge < -0.3 is 15.0 Å². The summed E-state index contributed by atoms with van der Waals surface area (Å²) >= 11 is 0. The molecule has 8 atom stereocenters. The molecule has 5 aliphatic rings. The monoisotopic (exact) mass is 691 g/mol. The Bertz CT molecular complexity index is 1960. The second kappa shape index (κ2) is 11.5. The number of amides is 1. The van der Waals surface area contributed by atoms with E-state index in [1.165, 1.54) is 7.11 Å². The van der Waals surface area contributed by atoms with Crippen molar-refractivity contribution in [3.05, 3.63) is 59.3 Å². The summed E-state index contributed by atoms with van der Waals surface area (Å²) in [5.74, 6) is -1.33. The molecule has 51 heavy (non-hydrogen) atoms. The minimum Gasteiger partial charge on any atom is -0.467 e. The summed E-state index contributed by atoms with van der Waals surface area (Å²) in [6, 6.07) is 9.21. The molecule has 1 aromatic carbocycles. The molecule has 0 aliphatic heterocycles. The summed E-state index contributed by atoms with van der Waals surface area (Å²) in [4.78, 5) is 59.8. The number of H-pyrrole nitrogens is 1. The number of nitrogens with zero attached hydrogens (tertiary/aromatic N) is 1. The number of carbonyl (C=O) groups is 4. The predicted octanol–water partition coefficient (Wildman–Crippen LogP) is 7.59. The number of methoxy groups -OCH3 is 1. The number of Topliss-reactive ketones (excluding diaryl/α,β-unsaturated/α-hetero) is 1. The number of para-hydroxylation sites is 1. The molecule has 2 N–H and O–H groups in total. The molecular formula is C43H53N3O5. The van der Waals surface area contributed by atoms with E-state index in [4.69, 9.17) is 4.74 Å². The highest BCUT2D eigenvalue weighted by Crippen LogP contribution is 2.74. The van der Waals surface area contributed by atoms with E-state index in [1.807, 2.05) is 56.5 Å². The van der Waals surface area contributed by atoms with Gasteiger partial charge in [0.05, 0.1) is 18.1 Å². The van der Waals surface area contributed by atoms with Crippen LogP contribution in [0.25, 0.3) is 10.9 Å². The van der Waals surface area contributed by atoms with Gasteiger partial charge in [0.15, 0.2) is 11.6 Å². The van der Waals surface area contributed by atoms with Crippen LogP contribution in [-0.2, 0) is 30.3 Å². The Hall–Kier alpha value is -3.99. The Morgan fingerprint density at radius 2 is 1.73 bits per heavy atom. The fourth-order valence-electron chi connectivity index (χ4n) is 12.2. The van der Waals surface area contributed by atoms with Gasteiger partial charge in [0, 0.05) is 40.3 Å². The number of fused-ring (bicyclic) bond motifs is 8. The lowest BCUT2D eigenvalue weighted by Crippen LogP contribution is -2.67. The first kappa shape index (κ1) is 35.4. The zero-order chi connectivity index (χ0) is 36.9. The number of hydrogen-bond donors (Lipinski definition) is 2. The standard InChI is InChI=1S/C43H53N3O5/c1-38(2)15-17-43(37(50)46-30(36(49)51-8)19-25-24-45-29-12-10-9-11-27(25)29)18-16-42(7)34(28(43)22-38)31(47)20-33-40(5)21-26(23-44)35(48)39(3,4)32(40)13-14-41(33,42)6/h9-12,20-21,24,28,30,32,34,45H,13-19,22H2,1-8H3,(H,46,50)/t28-,30-,32-,34-,40-,41+,42+,43-/m0/s1. The van der Waals surface area contributed by atoms with Crippen LogP contribution >= 0.6 is 0 Å². The zero-order valence-electron chi connectivity index (χ0n) is 31.5. The van der Waals surface area contributed by atoms with Crippen LogP contribution in [0, 0.1) is 61.6 Å². The normalized spacial score (nSPS) is 37.0. The molecule has 1 heterocycles. The number of nitriles is 1. The summed E-state index contributed by atoms with van der Waals surface area (Å²) in [5, 5.41) is 14.2. The Balaban J connectivity index is 1.28. The highest BCUT2D eigenvalue weighted by Gasteiger charge is 2.71. The Morgan fingerprint density at radius 1 is 1.02 bits per heavy atom. The number of aromatic nitrogens is 1. The quantitative estimate of drug-likeness (QED) is 0.311. The largest absolute Gasteiger partial charge is 0.467 e. The number of esters is 1. The number of carbonyl (C=O) groups excluding carboxylic acids is 4. The van der Waals surface area contributed by atoms with Crippen molar-refractivity contribution < 1.29 is 23.9 Å². The minimum atomic E-state index is -0.875. The third-order valence-electron chi connectivity index (χ3n) is 15.2. The van der Waals surface area contributed by atoms with E-state index in [1.54, 1.807) is 0 Å². The maximum absolute atomic E-state index is 14.9. The topological polar surface area (TPSA) is 129 Å². The molecule has 5 aliphatic carbocycles. The number of aromatic amines is 1. The summed E-state index contributed by atoms with van der Waals surface area (Å²) in [7, 11) is 1.35. The Kier molecular flexibility index (Phi) is 7.99. The lowest BCUT2D eigenvalue weighted by Gasteiger charge is -2.69. The molecule has 270 valence electrons. The maximum Gasteiger partial charge on any atom is 0.328 e. The van der Waals surface area contributed by atoms with Crippen molar-refractivity contribution in [3.8, 4) is 6.07 Å². The van der Waals surface area contributed by atoms with Crippen LogP contribution < -0.4 is 5.32 Å². The van der Waals surface area contributed by atoms with E-state index >= 15 is 0 Å². The highest BCUT2D eigenvalue weighted by atomic mass is 16.5. The third-order valence-corrected chi connectivity index (χ3v) is 15.2. The second-order valence-corrected chi connectivity index (χ2v) is 18.5. The van der Waals surface area contributed by atoms with Gasteiger partial charge in [-0.05, 0) is 90.7 Å². The maximum atomic E-state index is 14.9. The first-order valence-electron chi connectivity index (χ1n) is 18.8. The van der Waals surface area contributed by atoms with E-state index in [-0.39, 0.29) is 58.1 Å². The molecular weight excluding hydrogens is 638 g/mol. The molecule has 0 saturated heterocycles. The van der Waals surface area contributed by atoms with Gasteiger partial charge in [-0.25, -0.2) is 4.79 Å². The number of allylic oxidation sites excluding steroid dienone is 4. The van der Waals surface area contributed by atoms with Crippen LogP contribution in [0.5, 0.6) is 0 Å². The average molecular weight is 692 g/mol. The summed E-state index contributed by atoms with van der Waals surface area (Å²) in [6.07, 6.45) is 11.1. The van der Waals surface area contributed by atoms with E-state index in [2.05, 4.69) is 51.0 Å². The predicted molar refractivity (Wildman–Crippen MR) is 195 cm³/mol. The van der Waals surface area contributed by atoms with E-state index in [9.17, 15) is 24.4 Å². The number of hydrogen-bond acceptors (Lipinski definition) is 6. The number of nitrogens with one attached hydrogen (secondary N) is 2. The van der Waals surface area contributed by atoms with Crippen molar-refractivity contribution in [1.29, 1.82) is 5.26 Å². The van der Waals surface area contributed by atoms with Gasteiger partial charge in [0.1, 0.15) is 12.1 Å². The van der Waals surface area contributed by atoms with Crippen molar-refractivity contribution in [2.75, 3.05) is 7.11 Å². The van der Waals surface area contributed by atoms with Crippen LogP contribution in [0.15, 0.2) is 53.8 Å². The molecule has 3 fully saturated rings. The Labute approximate surface area is 301 Å². The second-order valence-electron chi connectivity index (χ2n) is 18.5. The minimum absolute atomic E-state index is 0.0312. The lowest BCUT2D eigenvalue weighted by atomic mass is 9.34. The molecule has 1 aromatic heterocycles. The van der Waals surface area contributed by atoms with Gasteiger partial charge in [-0.2, -0.15) is 5.26 Å². The SMILES string of the molecule is COC(=O)[C@H](Cc1c[nH]c2ccccc12)NC(=O)[C@]12CCC(C)(C)C[C@H]1[C@H]1C(=O)C=C3[C@@]4(C)C=C(C#N)C(=O)C(C)(C)[C@@H]4CC[C@@]3(C)[C@]1(C)CC2. The number of ether oxygens (including phenoxy) is 1. The first-order chi connectivity index (χ1) is 23.9. The van der Waals surface area contributed by atoms with Gasteiger partial charge in [-0.3, -0.25) is 14.4 Å². The molecule has 1 amide bonds. The molecule has 3 saturated carbocycles. The van der Waals surface area contributed by atoms with Crippen molar-refractivity contribution in [2.24, 2.45) is 50.2 Å². The molecule has 2 aromatic rings. The molecule has 8 heteroatoms. The van der Waals surface area contributed by atoms with Crippen molar-refractivity contribution in [3.63, 3.8) is 0 Å². The molecule has 0 unspecified atom stereocenters. The fourth-order valence-corrected chi connectivity index (χ4v) is 12.2. The van der Waals surface area contributed by atoms with Crippen LogP contribution in [0.3, 0.4) is 0 Å². The fraction of sp³-hybridized carbons (Fsp3) is 0.605. The molecule has 7 rings (SSSR count). The van der Waals surface area contributed by atoms with E-state index in [0.717, 1.165) is 47.7 Å². The van der Waals surface area contributed by atoms with Crippen molar-refractivity contribution in [2.45, 2.75) is 106 Å². The molecule has 0 bridgehead atoms. The average Bonchev–Trinajstić information content (AvgIpc) is 3.49. The van der Waals surface area contributed by atoms with Crippen molar-refractivity contribution in [1.82, 2.24) is 10.3 Å². The Morgan fingerprint density at radius 3 is 2.43 bits per heavy atom. The van der Waals surface area contributed by atoms with E-state index < -0.39 is 33.7 Å². The number of ketones is 2. The molecule has 8 nitrogen and oxygen atoms in total. The van der Waals surface area contributed by atoms with Crippen LogP contribution in [-0.4, -0.2) is 41.6 Å². The third kappa shape index (κ3) is 4.89. The summed E-state index contributed by atoms with van der Waals surface area (Å²) < 4.78 is 5.24. The van der Waals surface area contributed by atoms with Gasteiger partial charge in [-0.15, -0.1) is 0 Å². The summed E-state index contributed by atoms with van der Waals surface area (Å²) in [5.41, 5.74) is 0.0773. The van der Waals surface area contributed by atoms with Gasteiger partial charge in [0.25, 0.3) is 0 Å². The number of rotatable bonds is 5. The van der Waals surface area contributed by atoms with Crippen LogP contribution in [0.1, 0.15) is 99.0 Å². The highest BCUT2D eigenvalue weighted by molar-refractivity contribution is 6.05. The molecule has 0 radical (unpaired) electrons. The van der Waals surface area contributed by atoms with Gasteiger partial charge >= 0.3 is 5.97 Å². The first-order valence-corrected chi connectivity index (χ1v) is 18.8. The lowest BCUT2D eigenvalue weighted by molar-refractivity contribution is -0.179.